The molecule has 7 heteroatoms. The van der Waals surface area contributed by atoms with Crippen LogP contribution in [0.2, 0.25) is 0 Å². The summed E-state index contributed by atoms with van der Waals surface area (Å²) < 4.78 is 1.78. The molecule has 1 aliphatic heterocycles. The van der Waals surface area contributed by atoms with Crippen molar-refractivity contribution in [3.05, 3.63) is 69.8 Å². The molecule has 0 spiro atoms. The number of hydrogen-bond acceptors (Lipinski definition) is 4. The first-order valence-corrected chi connectivity index (χ1v) is 11.2. The van der Waals surface area contributed by atoms with Crippen molar-refractivity contribution >= 4 is 28.4 Å². The Balaban J connectivity index is 1.65. The fourth-order valence-electron chi connectivity index (χ4n) is 4.06. The average Bonchev–Trinajstić information content (AvgIpc) is 2.74. The monoisotopic (exact) mass is 432 g/mol. The van der Waals surface area contributed by atoms with Gasteiger partial charge in [-0.2, -0.15) is 0 Å². The molecule has 2 N–H and O–H groups in total. The van der Waals surface area contributed by atoms with Gasteiger partial charge in [-0.15, -0.1) is 0 Å². The summed E-state index contributed by atoms with van der Waals surface area (Å²) >= 11 is 0. The van der Waals surface area contributed by atoms with Gasteiger partial charge in [0.05, 0.1) is 22.2 Å². The molecule has 0 saturated carbocycles. The Kier molecular flexibility index (Phi) is 6.35. The highest BCUT2D eigenvalue weighted by Gasteiger charge is 2.17. The van der Waals surface area contributed by atoms with Gasteiger partial charge in [-0.05, 0) is 57.0 Å². The van der Waals surface area contributed by atoms with Gasteiger partial charge in [-0.3, -0.25) is 19.0 Å². The zero-order chi connectivity index (χ0) is 22.7. The number of hydrogen-bond donors (Lipinski definition) is 2. The summed E-state index contributed by atoms with van der Waals surface area (Å²) in [7, 11) is 0. The van der Waals surface area contributed by atoms with Crippen LogP contribution in [0, 0.1) is 0 Å². The lowest BCUT2D eigenvalue weighted by Gasteiger charge is -2.16. The zero-order valence-corrected chi connectivity index (χ0v) is 18.5. The number of anilines is 1. The van der Waals surface area contributed by atoms with Crippen LogP contribution in [0.25, 0.3) is 10.9 Å². The first-order chi connectivity index (χ1) is 15.4. The zero-order valence-electron chi connectivity index (χ0n) is 18.5. The third-order valence-electron chi connectivity index (χ3n) is 5.67. The smallest absolute Gasteiger partial charge is 0.261 e. The summed E-state index contributed by atoms with van der Waals surface area (Å²) in [4.78, 5) is 43.2. The second-order valence-electron chi connectivity index (χ2n) is 8.51. The number of aromatic nitrogens is 2. The van der Waals surface area contributed by atoms with E-state index in [9.17, 15) is 14.4 Å². The van der Waals surface area contributed by atoms with Crippen molar-refractivity contribution in [3.8, 4) is 0 Å². The van der Waals surface area contributed by atoms with Crippen molar-refractivity contribution in [1.29, 1.82) is 0 Å². The standard InChI is InChI=1S/C25H28N4O3/c1-16(2)26-24(31)18-9-6-7-10-20(18)28-23(30)17-12-13-19-21(15-17)27-22-11-5-3-4-8-14-29(22)25(19)32/h6-7,9-10,12-13,15-16H,3-5,8,11,14H2,1-2H3,(H,26,31)(H,28,30). The quantitative estimate of drug-likeness (QED) is 0.654. The van der Waals surface area contributed by atoms with Crippen LogP contribution in [0.4, 0.5) is 5.69 Å². The van der Waals surface area contributed by atoms with Gasteiger partial charge in [-0.25, -0.2) is 4.98 Å². The normalized spacial score (nSPS) is 13.8. The minimum atomic E-state index is -0.356. The van der Waals surface area contributed by atoms with Crippen LogP contribution in [0.15, 0.2) is 47.3 Å². The van der Waals surface area contributed by atoms with Gasteiger partial charge in [0.25, 0.3) is 17.4 Å². The van der Waals surface area contributed by atoms with E-state index in [1.54, 1.807) is 47.0 Å². The second kappa shape index (κ2) is 9.34. The highest BCUT2D eigenvalue weighted by atomic mass is 16.2. The van der Waals surface area contributed by atoms with Crippen molar-refractivity contribution in [3.63, 3.8) is 0 Å². The van der Waals surface area contributed by atoms with Crippen LogP contribution >= 0.6 is 0 Å². The van der Waals surface area contributed by atoms with Crippen LogP contribution in [0.5, 0.6) is 0 Å². The number of fused-ring (bicyclic) bond motifs is 2. The van der Waals surface area contributed by atoms with Crippen LogP contribution in [0.3, 0.4) is 0 Å². The second-order valence-corrected chi connectivity index (χ2v) is 8.51. The molecule has 2 amide bonds. The molecule has 0 atom stereocenters. The molecular formula is C25H28N4O3. The average molecular weight is 433 g/mol. The van der Waals surface area contributed by atoms with Crippen molar-refractivity contribution < 1.29 is 9.59 Å². The summed E-state index contributed by atoms with van der Waals surface area (Å²) in [5.74, 6) is 0.184. The van der Waals surface area contributed by atoms with Gasteiger partial charge < -0.3 is 10.6 Å². The van der Waals surface area contributed by atoms with E-state index < -0.39 is 0 Å². The highest BCUT2D eigenvalue weighted by molar-refractivity contribution is 6.10. The topological polar surface area (TPSA) is 93.1 Å². The molecule has 2 heterocycles. The first kappa shape index (κ1) is 21.7. The Hall–Kier alpha value is -3.48. The van der Waals surface area contributed by atoms with Crippen molar-refractivity contribution in [2.75, 3.05) is 5.32 Å². The largest absolute Gasteiger partial charge is 0.350 e. The van der Waals surface area contributed by atoms with Gasteiger partial charge in [0.15, 0.2) is 0 Å². The molecule has 0 saturated heterocycles. The van der Waals surface area contributed by atoms with E-state index in [4.69, 9.17) is 4.98 Å². The molecule has 3 aromatic rings. The number of benzene rings is 2. The number of carbonyl (C=O) groups excluding carboxylic acids is 2. The van der Waals surface area contributed by atoms with E-state index in [0.29, 0.717) is 34.3 Å². The number of amides is 2. The number of nitrogens with zero attached hydrogens (tertiary/aromatic N) is 2. The Morgan fingerprint density at radius 1 is 1.00 bits per heavy atom. The predicted molar refractivity (Wildman–Crippen MR) is 125 cm³/mol. The van der Waals surface area contributed by atoms with Crippen LogP contribution in [0.1, 0.15) is 66.1 Å². The maximum atomic E-state index is 13.0. The lowest BCUT2D eigenvalue weighted by atomic mass is 10.1. The van der Waals surface area contributed by atoms with E-state index in [-0.39, 0.29) is 23.4 Å². The van der Waals surface area contributed by atoms with E-state index in [0.717, 1.165) is 37.9 Å². The molecule has 2 aromatic carbocycles. The Bertz CT molecular complexity index is 1230. The molecular weight excluding hydrogens is 404 g/mol. The fourth-order valence-corrected chi connectivity index (χ4v) is 4.06. The van der Waals surface area contributed by atoms with Gasteiger partial charge in [0.2, 0.25) is 0 Å². The summed E-state index contributed by atoms with van der Waals surface area (Å²) in [5, 5.41) is 6.19. The Labute approximate surface area is 186 Å². The molecule has 0 fully saturated rings. The lowest BCUT2D eigenvalue weighted by molar-refractivity contribution is 0.0944. The number of aryl methyl sites for hydroxylation is 1. The lowest BCUT2D eigenvalue weighted by Crippen LogP contribution is -2.31. The highest BCUT2D eigenvalue weighted by Crippen LogP contribution is 2.19. The van der Waals surface area contributed by atoms with Gasteiger partial charge in [-0.1, -0.05) is 25.0 Å². The van der Waals surface area contributed by atoms with E-state index in [1.807, 2.05) is 13.8 Å². The molecule has 1 aliphatic rings. The number of para-hydroxylation sites is 1. The molecule has 0 bridgehead atoms. The minimum absolute atomic E-state index is 0.0172. The van der Waals surface area contributed by atoms with Crippen molar-refractivity contribution in [1.82, 2.24) is 14.9 Å². The molecule has 0 radical (unpaired) electrons. The maximum absolute atomic E-state index is 13.0. The van der Waals surface area contributed by atoms with Crippen LogP contribution < -0.4 is 16.2 Å². The van der Waals surface area contributed by atoms with Gasteiger partial charge in [0.1, 0.15) is 5.82 Å². The van der Waals surface area contributed by atoms with Crippen molar-refractivity contribution in [2.24, 2.45) is 0 Å². The van der Waals surface area contributed by atoms with E-state index in [2.05, 4.69) is 10.6 Å². The SMILES string of the molecule is CC(C)NC(=O)c1ccccc1NC(=O)c1ccc2c(=O)n3c(nc2c1)CCCCCC3. The fraction of sp³-hybridized carbons (Fsp3) is 0.360. The maximum Gasteiger partial charge on any atom is 0.261 e. The third kappa shape index (κ3) is 4.56. The molecule has 0 aliphatic carbocycles. The van der Waals surface area contributed by atoms with Crippen LogP contribution in [-0.2, 0) is 13.0 Å². The molecule has 4 rings (SSSR count). The summed E-state index contributed by atoms with van der Waals surface area (Å²) in [6, 6.07) is 11.8. The van der Waals surface area contributed by atoms with Crippen molar-refractivity contribution in [2.45, 2.75) is 58.5 Å². The third-order valence-corrected chi connectivity index (χ3v) is 5.67. The summed E-state index contributed by atoms with van der Waals surface area (Å²) in [6.45, 7) is 4.45. The van der Waals surface area contributed by atoms with Crippen LogP contribution in [-0.4, -0.2) is 27.4 Å². The number of rotatable bonds is 4. The molecule has 7 nitrogen and oxygen atoms in total. The molecule has 0 unspecified atom stereocenters. The number of carbonyl (C=O) groups is 2. The minimum Gasteiger partial charge on any atom is -0.350 e. The molecule has 32 heavy (non-hydrogen) atoms. The predicted octanol–water partition coefficient (Wildman–Crippen LogP) is 3.90. The summed E-state index contributed by atoms with van der Waals surface area (Å²) in [6.07, 6.45) is 5.01. The summed E-state index contributed by atoms with van der Waals surface area (Å²) in [5.41, 5.74) is 1.70. The van der Waals surface area contributed by atoms with E-state index in [1.165, 1.54) is 0 Å². The molecule has 166 valence electrons. The Morgan fingerprint density at radius 3 is 2.59 bits per heavy atom. The van der Waals surface area contributed by atoms with Gasteiger partial charge >= 0.3 is 0 Å². The first-order valence-electron chi connectivity index (χ1n) is 11.2. The molecule has 1 aromatic heterocycles. The Morgan fingerprint density at radius 2 is 1.78 bits per heavy atom. The van der Waals surface area contributed by atoms with Gasteiger partial charge in [0, 0.05) is 24.6 Å². The number of nitrogens with one attached hydrogen (secondary N) is 2. The van der Waals surface area contributed by atoms with E-state index >= 15 is 0 Å².